The van der Waals surface area contributed by atoms with Crippen molar-refractivity contribution in [3.63, 3.8) is 0 Å². The second-order valence-corrected chi connectivity index (χ2v) is 11.5. The van der Waals surface area contributed by atoms with Crippen LogP contribution in [0.15, 0.2) is 83.5 Å². The van der Waals surface area contributed by atoms with Crippen molar-refractivity contribution in [3.8, 4) is 0 Å². The summed E-state index contributed by atoms with van der Waals surface area (Å²) in [6.07, 6.45) is 3.11. The Labute approximate surface area is 225 Å². The summed E-state index contributed by atoms with van der Waals surface area (Å²) < 4.78 is 26.1. The lowest BCUT2D eigenvalue weighted by molar-refractivity contribution is -0.144. The number of nitrogens with zero attached hydrogens (tertiary/aromatic N) is 4. The van der Waals surface area contributed by atoms with Crippen LogP contribution in [0.2, 0.25) is 0 Å². The van der Waals surface area contributed by atoms with E-state index in [9.17, 15) is 27.9 Å². The molecule has 1 aromatic heterocycles. The summed E-state index contributed by atoms with van der Waals surface area (Å²) in [5, 5.41) is 11.6. The molecule has 10 nitrogen and oxygen atoms in total. The van der Waals surface area contributed by atoms with E-state index in [1.807, 2.05) is 0 Å². The molecular weight excluding hydrogens is 520 g/mol. The van der Waals surface area contributed by atoms with Gasteiger partial charge in [-0.2, -0.15) is 0 Å². The highest BCUT2D eigenvalue weighted by atomic mass is 32.2. The summed E-state index contributed by atoms with van der Waals surface area (Å²) in [5.74, 6) is -3.06. The van der Waals surface area contributed by atoms with Crippen LogP contribution in [0.25, 0.3) is 5.76 Å². The van der Waals surface area contributed by atoms with Gasteiger partial charge in [0.2, 0.25) is 10.0 Å². The van der Waals surface area contributed by atoms with Gasteiger partial charge < -0.3 is 14.9 Å². The van der Waals surface area contributed by atoms with E-state index in [1.165, 1.54) is 48.2 Å². The van der Waals surface area contributed by atoms with E-state index in [1.54, 1.807) is 55.7 Å². The second kappa shape index (κ2) is 9.44. The lowest BCUT2D eigenvalue weighted by Gasteiger charge is -2.34. The van der Waals surface area contributed by atoms with Crippen LogP contribution >= 0.6 is 0 Å². The molecule has 0 radical (unpaired) electrons. The maximum absolute atomic E-state index is 14.3. The fraction of sp³-hybridized carbons (Fsp3) is 0.214. The normalized spacial score (nSPS) is 20.4. The Kier molecular flexibility index (Phi) is 6.36. The number of anilines is 1. The number of benzene rings is 2. The third-order valence-electron chi connectivity index (χ3n) is 7.10. The highest BCUT2D eigenvalue weighted by molar-refractivity contribution is 7.89. The highest BCUT2D eigenvalue weighted by Crippen LogP contribution is 2.54. The predicted molar refractivity (Wildman–Crippen MR) is 143 cm³/mol. The number of rotatable bonds is 6. The van der Waals surface area contributed by atoms with Crippen LogP contribution in [0.4, 0.5) is 5.69 Å². The van der Waals surface area contributed by atoms with E-state index in [0.717, 1.165) is 4.31 Å². The monoisotopic (exact) mass is 546 g/mol. The third kappa shape index (κ3) is 3.76. The summed E-state index contributed by atoms with van der Waals surface area (Å²) in [4.78, 5) is 48.2. The molecule has 0 bridgehead atoms. The molecule has 1 saturated heterocycles. The highest BCUT2D eigenvalue weighted by Gasteiger charge is 2.67. The topological polar surface area (TPSA) is 128 Å². The predicted octanol–water partition coefficient (Wildman–Crippen LogP) is 2.47. The van der Waals surface area contributed by atoms with Crippen LogP contribution in [0, 0.1) is 0 Å². The van der Waals surface area contributed by atoms with E-state index in [0.29, 0.717) is 16.8 Å². The molecule has 0 aliphatic carbocycles. The van der Waals surface area contributed by atoms with Gasteiger partial charge in [0, 0.05) is 50.7 Å². The van der Waals surface area contributed by atoms with Crippen LogP contribution < -0.4 is 4.90 Å². The number of carbonyl (C=O) groups is 3. The van der Waals surface area contributed by atoms with Crippen molar-refractivity contribution < 1.29 is 27.9 Å². The number of amides is 2. The first kappa shape index (κ1) is 26.3. The van der Waals surface area contributed by atoms with Crippen molar-refractivity contribution in [2.75, 3.05) is 25.5 Å². The molecule has 39 heavy (non-hydrogen) atoms. The van der Waals surface area contributed by atoms with Gasteiger partial charge in [-0.05, 0) is 48.9 Å². The standard InChI is InChI=1S/C28H26N4O6S/c1-4-31-22-10-6-5-9-21(22)28(27(31)36)23(25(34)26(35)32(28)17-18-8-7-15-29-16-18)24(33)19-11-13-20(14-12-19)39(37,38)30(2)3/h5-16,33H,4,17H2,1-3H3/b24-23+. The van der Waals surface area contributed by atoms with Crippen LogP contribution in [0.3, 0.4) is 0 Å². The van der Waals surface area contributed by atoms with E-state index >= 15 is 0 Å². The molecular formula is C28H26N4O6S. The number of Topliss-reactive ketones (excluding diaryl/α,β-unsaturated/α-hetero) is 1. The first-order chi connectivity index (χ1) is 18.6. The van der Waals surface area contributed by atoms with Gasteiger partial charge in [-0.25, -0.2) is 12.7 Å². The summed E-state index contributed by atoms with van der Waals surface area (Å²) in [7, 11) is -0.948. The molecule has 11 heteroatoms. The lowest BCUT2D eigenvalue weighted by Crippen LogP contribution is -2.51. The molecule has 2 aliphatic heterocycles. The molecule has 3 aromatic rings. The smallest absolute Gasteiger partial charge is 0.296 e. The Morgan fingerprint density at radius 2 is 1.69 bits per heavy atom. The molecule has 200 valence electrons. The second-order valence-electron chi connectivity index (χ2n) is 9.39. The number of hydrogen-bond acceptors (Lipinski definition) is 7. The molecule has 1 spiro atoms. The van der Waals surface area contributed by atoms with Crippen molar-refractivity contribution in [2.45, 2.75) is 23.9 Å². The minimum Gasteiger partial charge on any atom is -0.507 e. The SMILES string of the molecule is CCN1C(=O)C2(/C(=C(/O)c3ccc(S(=O)(=O)N(C)C)cc3)C(=O)C(=O)N2Cc2cccnc2)c2ccccc21. The number of pyridine rings is 1. The van der Waals surface area contributed by atoms with Gasteiger partial charge in [-0.15, -0.1) is 0 Å². The number of aliphatic hydroxyl groups excluding tert-OH is 1. The number of sulfonamides is 1. The summed E-state index contributed by atoms with van der Waals surface area (Å²) >= 11 is 0. The number of carbonyl (C=O) groups excluding carboxylic acids is 3. The number of aromatic nitrogens is 1. The molecule has 2 aromatic carbocycles. The van der Waals surface area contributed by atoms with Crippen molar-refractivity contribution in [1.29, 1.82) is 0 Å². The summed E-state index contributed by atoms with van der Waals surface area (Å²) in [6, 6.07) is 15.6. The zero-order valence-corrected chi connectivity index (χ0v) is 22.3. The lowest BCUT2D eigenvalue weighted by atomic mass is 9.81. The maximum Gasteiger partial charge on any atom is 0.296 e. The van der Waals surface area contributed by atoms with E-state index in [2.05, 4.69) is 4.98 Å². The molecule has 1 atom stereocenters. The van der Waals surface area contributed by atoms with E-state index in [4.69, 9.17) is 0 Å². The largest absolute Gasteiger partial charge is 0.507 e. The van der Waals surface area contributed by atoms with Gasteiger partial charge in [0.25, 0.3) is 17.6 Å². The van der Waals surface area contributed by atoms with Gasteiger partial charge in [0.15, 0.2) is 5.54 Å². The van der Waals surface area contributed by atoms with Gasteiger partial charge in [0.1, 0.15) is 5.76 Å². The minimum absolute atomic E-state index is 0.0183. The summed E-state index contributed by atoms with van der Waals surface area (Å²) in [6.45, 7) is 1.95. The number of ketones is 1. The van der Waals surface area contributed by atoms with Crippen LogP contribution in [-0.4, -0.2) is 66.0 Å². The molecule has 1 fully saturated rings. The van der Waals surface area contributed by atoms with Crippen LogP contribution in [-0.2, 0) is 36.5 Å². The number of fused-ring (bicyclic) bond motifs is 2. The molecule has 5 rings (SSSR count). The van der Waals surface area contributed by atoms with E-state index in [-0.39, 0.29) is 29.1 Å². The molecule has 1 N–H and O–H groups in total. The third-order valence-corrected chi connectivity index (χ3v) is 8.92. The van der Waals surface area contributed by atoms with Crippen molar-refractivity contribution in [2.24, 2.45) is 0 Å². The average molecular weight is 547 g/mol. The van der Waals surface area contributed by atoms with Crippen molar-refractivity contribution >= 4 is 39.1 Å². The molecule has 1 unspecified atom stereocenters. The van der Waals surface area contributed by atoms with Crippen LogP contribution in [0.1, 0.15) is 23.6 Å². The Morgan fingerprint density at radius 3 is 2.31 bits per heavy atom. The Hall–Kier alpha value is -4.35. The van der Waals surface area contributed by atoms with E-state index < -0.39 is 38.9 Å². The molecule has 2 aliphatic rings. The van der Waals surface area contributed by atoms with Crippen LogP contribution in [0.5, 0.6) is 0 Å². The Bertz CT molecular complexity index is 1630. The van der Waals surface area contributed by atoms with Gasteiger partial charge >= 0.3 is 0 Å². The fourth-order valence-electron chi connectivity index (χ4n) is 5.22. The quantitative estimate of drug-likeness (QED) is 0.286. The fourth-order valence-corrected chi connectivity index (χ4v) is 6.12. The van der Waals surface area contributed by atoms with Crippen molar-refractivity contribution in [1.82, 2.24) is 14.2 Å². The van der Waals surface area contributed by atoms with Crippen molar-refractivity contribution in [3.05, 3.63) is 95.3 Å². The number of likely N-dealkylation sites (N-methyl/N-ethyl adjacent to an activating group) is 1. The molecule has 3 heterocycles. The zero-order valence-electron chi connectivity index (χ0n) is 21.5. The average Bonchev–Trinajstić information content (AvgIpc) is 3.31. The molecule has 0 saturated carbocycles. The first-order valence-corrected chi connectivity index (χ1v) is 13.6. The minimum atomic E-state index is -3.74. The maximum atomic E-state index is 14.3. The van der Waals surface area contributed by atoms with Gasteiger partial charge in [-0.3, -0.25) is 19.4 Å². The Morgan fingerprint density at radius 1 is 1.00 bits per heavy atom. The van der Waals surface area contributed by atoms with Gasteiger partial charge in [-0.1, -0.05) is 24.3 Å². The first-order valence-electron chi connectivity index (χ1n) is 12.2. The number of likely N-dealkylation sites (tertiary alicyclic amines) is 1. The number of para-hydroxylation sites is 1. The van der Waals surface area contributed by atoms with Gasteiger partial charge in [0.05, 0.1) is 16.2 Å². The number of hydrogen-bond donors (Lipinski definition) is 1. The number of aliphatic hydroxyl groups is 1. The summed E-state index contributed by atoms with van der Waals surface area (Å²) in [5.41, 5.74) is -0.679. The molecule has 2 amide bonds. The Balaban J connectivity index is 1.77. The zero-order chi connectivity index (χ0) is 28.1.